The summed E-state index contributed by atoms with van der Waals surface area (Å²) in [5.74, 6) is 0.551. The van der Waals surface area contributed by atoms with Crippen molar-refractivity contribution >= 4 is 6.29 Å². The lowest BCUT2D eigenvalue weighted by Gasteiger charge is -2.16. The van der Waals surface area contributed by atoms with Gasteiger partial charge in [-0.1, -0.05) is 13.8 Å². The van der Waals surface area contributed by atoms with E-state index in [1.54, 1.807) is 0 Å². The zero-order valence-electron chi connectivity index (χ0n) is 9.29. The molecule has 2 rings (SSSR count). The molecule has 1 aromatic rings. The number of hydrogen-bond acceptors (Lipinski definition) is 3. The van der Waals surface area contributed by atoms with Crippen LogP contribution in [-0.4, -0.2) is 22.6 Å². The maximum absolute atomic E-state index is 10.9. The summed E-state index contributed by atoms with van der Waals surface area (Å²) in [5.41, 5.74) is 2.97. The fourth-order valence-electron chi connectivity index (χ4n) is 2.04. The van der Waals surface area contributed by atoms with Gasteiger partial charge in [-0.3, -0.25) is 9.48 Å². The molecule has 0 aromatic carbocycles. The van der Waals surface area contributed by atoms with Crippen molar-refractivity contribution < 1.29 is 4.79 Å². The van der Waals surface area contributed by atoms with Crippen molar-refractivity contribution in [2.75, 3.05) is 6.54 Å². The molecule has 1 aliphatic heterocycles. The highest BCUT2D eigenvalue weighted by Crippen LogP contribution is 2.18. The van der Waals surface area contributed by atoms with E-state index in [9.17, 15) is 4.79 Å². The molecular weight excluding hydrogens is 190 g/mol. The molecule has 0 fully saturated rings. The molecule has 0 radical (unpaired) electrons. The van der Waals surface area contributed by atoms with E-state index in [2.05, 4.69) is 24.3 Å². The Balaban J connectivity index is 2.37. The number of fused-ring (bicyclic) bond motifs is 1. The highest BCUT2D eigenvalue weighted by atomic mass is 16.1. The van der Waals surface area contributed by atoms with Gasteiger partial charge in [0.15, 0.2) is 6.29 Å². The summed E-state index contributed by atoms with van der Waals surface area (Å²) in [6.07, 6.45) is 1.79. The molecular formula is C11H17N3O. The minimum absolute atomic E-state index is 0.551. The van der Waals surface area contributed by atoms with Crippen LogP contribution in [0.5, 0.6) is 0 Å². The van der Waals surface area contributed by atoms with Gasteiger partial charge >= 0.3 is 0 Å². The standard InChI is InChI=1S/C11H17N3O/c1-8(2)6-14-11-5-12-4-3-9(11)10(7-15)13-14/h7-8,12H,3-6H2,1-2H3. The zero-order valence-corrected chi connectivity index (χ0v) is 9.29. The zero-order chi connectivity index (χ0) is 10.8. The summed E-state index contributed by atoms with van der Waals surface area (Å²) in [4.78, 5) is 10.9. The number of rotatable bonds is 3. The molecule has 0 bridgehead atoms. The fraction of sp³-hybridized carbons (Fsp3) is 0.636. The molecule has 0 atom stereocenters. The molecule has 15 heavy (non-hydrogen) atoms. The van der Waals surface area contributed by atoms with Crippen LogP contribution in [0.4, 0.5) is 0 Å². The summed E-state index contributed by atoms with van der Waals surface area (Å²) in [5, 5.41) is 7.67. The Hall–Kier alpha value is -1.16. The van der Waals surface area contributed by atoms with Crippen LogP contribution in [0.1, 0.15) is 35.6 Å². The number of carbonyl (C=O) groups is 1. The van der Waals surface area contributed by atoms with Crippen LogP contribution < -0.4 is 5.32 Å². The predicted octanol–water partition coefficient (Wildman–Crippen LogP) is 0.997. The van der Waals surface area contributed by atoms with E-state index in [1.807, 2.05) is 4.68 Å². The van der Waals surface area contributed by atoms with Gasteiger partial charge in [0.25, 0.3) is 0 Å². The predicted molar refractivity (Wildman–Crippen MR) is 57.9 cm³/mol. The molecule has 4 nitrogen and oxygen atoms in total. The molecule has 82 valence electrons. The first-order chi connectivity index (χ1) is 7.22. The normalized spacial score (nSPS) is 15.4. The Bertz CT molecular complexity index is 368. The second kappa shape index (κ2) is 4.14. The van der Waals surface area contributed by atoms with E-state index in [1.165, 1.54) is 5.69 Å². The van der Waals surface area contributed by atoms with Crippen molar-refractivity contribution in [2.45, 2.75) is 33.4 Å². The number of carbonyl (C=O) groups excluding carboxylic acids is 1. The maximum Gasteiger partial charge on any atom is 0.170 e. The quantitative estimate of drug-likeness (QED) is 0.752. The molecule has 0 unspecified atom stereocenters. The van der Waals surface area contributed by atoms with Gasteiger partial charge in [-0.2, -0.15) is 5.10 Å². The minimum atomic E-state index is 0.551. The third-order valence-corrected chi connectivity index (χ3v) is 2.69. The van der Waals surface area contributed by atoms with Gasteiger partial charge in [0.1, 0.15) is 5.69 Å². The first-order valence-corrected chi connectivity index (χ1v) is 5.46. The number of nitrogens with zero attached hydrogens (tertiary/aromatic N) is 2. The first kappa shape index (κ1) is 10.4. The Morgan fingerprint density at radius 1 is 1.60 bits per heavy atom. The van der Waals surface area contributed by atoms with E-state index >= 15 is 0 Å². The van der Waals surface area contributed by atoms with Gasteiger partial charge in [0.2, 0.25) is 0 Å². The smallest absolute Gasteiger partial charge is 0.170 e. The van der Waals surface area contributed by atoms with Gasteiger partial charge < -0.3 is 5.32 Å². The number of aldehydes is 1. The highest BCUT2D eigenvalue weighted by molar-refractivity contribution is 5.74. The molecule has 0 saturated heterocycles. The Morgan fingerprint density at radius 3 is 3.07 bits per heavy atom. The summed E-state index contributed by atoms with van der Waals surface area (Å²) in [6, 6.07) is 0. The molecule has 1 aromatic heterocycles. The molecule has 0 amide bonds. The molecule has 0 spiro atoms. The van der Waals surface area contributed by atoms with Crippen LogP contribution in [0.3, 0.4) is 0 Å². The summed E-state index contributed by atoms with van der Waals surface area (Å²) in [6.45, 7) is 6.98. The van der Waals surface area contributed by atoms with Gasteiger partial charge in [-0.05, 0) is 18.9 Å². The van der Waals surface area contributed by atoms with Crippen LogP contribution in [0.2, 0.25) is 0 Å². The third-order valence-electron chi connectivity index (χ3n) is 2.69. The van der Waals surface area contributed by atoms with Crippen LogP contribution in [0.25, 0.3) is 0 Å². The highest BCUT2D eigenvalue weighted by Gasteiger charge is 2.20. The van der Waals surface area contributed by atoms with E-state index in [0.717, 1.165) is 37.9 Å². The van der Waals surface area contributed by atoms with Gasteiger partial charge in [-0.15, -0.1) is 0 Å². The van der Waals surface area contributed by atoms with Crippen LogP contribution in [0, 0.1) is 5.92 Å². The number of nitrogens with one attached hydrogen (secondary N) is 1. The molecule has 0 aliphatic carbocycles. The lowest BCUT2D eigenvalue weighted by atomic mass is 10.1. The Labute approximate surface area is 89.7 Å². The van der Waals surface area contributed by atoms with E-state index < -0.39 is 0 Å². The summed E-state index contributed by atoms with van der Waals surface area (Å²) in [7, 11) is 0. The molecule has 4 heteroatoms. The van der Waals surface area contributed by atoms with Crippen LogP contribution >= 0.6 is 0 Å². The Kier molecular flexibility index (Phi) is 2.86. The van der Waals surface area contributed by atoms with Gasteiger partial charge in [0, 0.05) is 18.7 Å². The van der Waals surface area contributed by atoms with Crippen molar-refractivity contribution in [3.63, 3.8) is 0 Å². The Morgan fingerprint density at radius 2 is 2.40 bits per heavy atom. The fourth-order valence-corrected chi connectivity index (χ4v) is 2.04. The van der Waals surface area contributed by atoms with Crippen molar-refractivity contribution in [1.82, 2.24) is 15.1 Å². The SMILES string of the molecule is CC(C)Cn1nc(C=O)c2c1CNCC2. The average molecular weight is 207 g/mol. The molecule has 0 saturated carbocycles. The first-order valence-electron chi connectivity index (χ1n) is 5.46. The van der Waals surface area contributed by atoms with Gasteiger partial charge in [-0.25, -0.2) is 0 Å². The minimum Gasteiger partial charge on any atom is -0.311 e. The maximum atomic E-state index is 10.9. The van der Waals surface area contributed by atoms with E-state index in [-0.39, 0.29) is 0 Å². The van der Waals surface area contributed by atoms with E-state index in [0.29, 0.717) is 11.6 Å². The van der Waals surface area contributed by atoms with Crippen molar-refractivity contribution in [2.24, 2.45) is 5.92 Å². The second-order valence-electron chi connectivity index (χ2n) is 4.43. The monoisotopic (exact) mass is 207 g/mol. The van der Waals surface area contributed by atoms with Crippen molar-refractivity contribution in [1.29, 1.82) is 0 Å². The average Bonchev–Trinajstić information content (AvgIpc) is 2.56. The molecule has 1 N–H and O–H groups in total. The van der Waals surface area contributed by atoms with E-state index in [4.69, 9.17) is 0 Å². The number of aromatic nitrogens is 2. The molecule has 1 aliphatic rings. The second-order valence-corrected chi connectivity index (χ2v) is 4.43. The topological polar surface area (TPSA) is 46.9 Å². The summed E-state index contributed by atoms with van der Waals surface area (Å²) >= 11 is 0. The van der Waals surface area contributed by atoms with Crippen LogP contribution in [-0.2, 0) is 19.5 Å². The van der Waals surface area contributed by atoms with Crippen molar-refractivity contribution in [3.8, 4) is 0 Å². The lowest BCUT2D eigenvalue weighted by Crippen LogP contribution is -2.26. The lowest BCUT2D eigenvalue weighted by molar-refractivity contribution is 0.111. The van der Waals surface area contributed by atoms with Gasteiger partial charge in [0.05, 0.1) is 5.69 Å². The van der Waals surface area contributed by atoms with Crippen molar-refractivity contribution in [3.05, 3.63) is 17.0 Å². The summed E-state index contributed by atoms with van der Waals surface area (Å²) < 4.78 is 1.98. The number of hydrogen-bond donors (Lipinski definition) is 1. The molecule has 2 heterocycles. The third kappa shape index (κ3) is 1.95. The largest absolute Gasteiger partial charge is 0.311 e. The van der Waals surface area contributed by atoms with Crippen LogP contribution in [0.15, 0.2) is 0 Å².